The summed E-state index contributed by atoms with van der Waals surface area (Å²) in [6.07, 6.45) is 4.41. The molecule has 5 nitrogen and oxygen atoms in total. The molecule has 0 atom stereocenters. The summed E-state index contributed by atoms with van der Waals surface area (Å²) in [5, 5.41) is 7.01. The van der Waals surface area contributed by atoms with Crippen molar-refractivity contribution in [1.82, 2.24) is 15.1 Å². The normalized spacial score (nSPS) is 10.4. The molecule has 0 fully saturated rings. The molecule has 0 aliphatic heterocycles. The van der Waals surface area contributed by atoms with Crippen LogP contribution in [0.5, 0.6) is 0 Å². The number of carbonyl (C=O) groups excluding carboxylic acids is 1. The van der Waals surface area contributed by atoms with Crippen LogP contribution in [0.4, 0.5) is 0 Å². The van der Waals surface area contributed by atoms with Crippen molar-refractivity contribution in [1.29, 1.82) is 0 Å². The minimum Gasteiger partial charge on any atom is -0.382 e. The van der Waals surface area contributed by atoms with Crippen LogP contribution in [0.25, 0.3) is 5.69 Å². The average molecular weight is 273 g/mol. The van der Waals surface area contributed by atoms with Gasteiger partial charge in [0.1, 0.15) is 0 Å². The number of rotatable bonds is 7. The molecule has 1 aromatic heterocycles. The highest BCUT2D eigenvalue weighted by molar-refractivity contribution is 5.94. The predicted octanol–water partition coefficient (Wildman–Crippen LogP) is 2.03. The van der Waals surface area contributed by atoms with Gasteiger partial charge in [0.2, 0.25) is 0 Å². The predicted molar refractivity (Wildman–Crippen MR) is 77.0 cm³/mol. The zero-order valence-corrected chi connectivity index (χ0v) is 11.6. The van der Waals surface area contributed by atoms with Gasteiger partial charge in [0.25, 0.3) is 5.91 Å². The number of hydrogen-bond donors (Lipinski definition) is 1. The Morgan fingerprint density at radius 2 is 2.15 bits per heavy atom. The molecule has 5 heteroatoms. The molecule has 0 aliphatic rings. The molecule has 1 aromatic carbocycles. The summed E-state index contributed by atoms with van der Waals surface area (Å²) in [5.74, 6) is -0.0616. The third-order valence-electron chi connectivity index (χ3n) is 2.85. The molecule has 2 rings (SSSR count). The molecular formula is C15H19N3O2. The summed E-state index contributed by atoms with van der Waals surface area (Å²) in [7, 11) is 0. The summed E-state index contributed by atoms with van der Waals surface area (Å²) in [6.45, 7) is 3.97. The summed E-state index contributed by atoms with van der Waals surface area (Å²) in [6, 6.07) is 9.22. The van der Waals surface area contributed by atoms with Crippen molar-refractivity contribution in [3.8, 4) is 5.69 Å². The smallest absolute Gasteiger partial charge is 0.251 e. The molecule has 20 heavy (non-hydrogen) atoms. The Balaban J connectivity index is 1.85. The molecule has 0 aliphatic carbocycles. The quantitative estimate of drug-likeness (QED) is 0.785. The molecule has 1 N–H and O–H groups in total. The fourth-order valence-electron chi connectivity index (χ4n) is 1.81. The number of carbonyl (C=O) groups is 1. The Kier molecular flexibility index (Phi) is 5.32. The van der Waals surface area contributed by atoms with Crippen molar-refractivity contribution in [2.45, 2.75) is 13.3 Å². The van der Waals surface area contributed by atoms with Crippen molar-refractivity contribution in [2.24, 2.45) is 0 Å². The third kappa shape index (κ3) is 3.93. The van der Waals surface area contributed by atoms with Gasteiger partial charge in [-0.25, -0.2) is 4.68 Å². The van der Waals surface area contributed by atoms with E-state index in [-0.39, 0.29) is 5.91 Å². The van der Waals surface area contributed by atoms with E-state index in [0.29, 0.717) is 25.3 Å². The lowest BCUT2D eigenvalue weighted by Crippen LogP contribution is -2.25. The van der Waals surface area contributed by atoms with E-state index in [0.717, 1.165) is 12.1 Å². The van der Waals surface area contributed by atoms with Gasteiger partial charge < -0.3 is 10.1 Å². The fraction of sp³-hybridized carbons (Fsp3) is 0.333. The van der Waals surface area contributed by atoms with Crippen LogP contribution in [0.3, 0.4) is 0 Å². The van der Waals surface area contributed by atoms with Gasteiger partial charge >= 0.3 is 0 Å². The third-order valence-corrected chi connectivity index (χ3v) is 2.85. The number of hydrogen-bond acceptors (Lipinski definition) is 3. The lowest BCUT2D eigenvalue weighted by atomic mass is 10.2. The minimum atomic E-state index is -0.0616. The standard InChI is InChI=1S/C15H19N3O2/c1-2-20-12-4-9-16-15(19)13-5-7-14(8-6-13)18-11-3-10-17-18/h3,5-8,10-11H,2,4,9,12H2,1H3,(H,16,19). The second-order valence-corrected chi connectivity index (χ2v) is 4.30. The fourth-order valence-corrected chi connectivity index (χ4v) is 1.81. The van der Waals surface area contributed by atoms with Gasteiger partial charge in [0.05, 0.1) is 5.69 Å². The highest BCUT2D eigenvalue weighted by Crippen LogP contribution is 2.08. The first-order valence-corrected chi connectivity index (χ1v) is 6.77. The van der Waals surface area contributed by atoms with Gasteiger partial charge in [-0.15, -0.1) is 0 Å². The van der Waals surface area contributed by atoms with Crippen LogP contribution in [-0.2, 0) is 4.74 Å². The van der Waals surface area contributed by atoms with E-state index in [1.54, 1.807) is 23.0 Å². The molecule has 0 bridgehead atoms. The average Bonchev–Trinajstić information content (AvgIpc) is 3.01. The Bertz CT molecular complexity index is 521. The monoisotopic (exact) mass is 273 g/mol. The summed E-state index contributed by atoms with van der Waals surface area (Å²) >= 11 is 0. The highest BCUT2D eigenvalue weighted by Gasteiger charge is 2.05. The first-order valence-electron chi connectivity index (χ1n) is 6.77. The van der Waals surface area contributed by atoms with Gasteiger partial charge in [-0.2, -0.15) is 5.10 Å². The highest BCUT2D eigenvalue weighted by atomic mass is 16.5. The lowest BCUT2D eigenvalue weighted by molar-refractivity contribution is 0.0944. The van der Waals surface area contributed by atoms with Crippen LogP contribution >= 0.6 is 0 Å². The number of ether oxygens (including phenoxy) is 1. The van der Waals surface area contributed by atoms with E-state index in [1.807, 2.05) is 31.3 Å². The molecule has 0 unspecified atom stereocenters. The van der Waals surface area contributed by atoms with Crippen molar-refractivity contribution in [3.63, 3.8) is 0 Å². The molecule has 2 aromatic rings. The van der Waals surface area contributed by atoms with Crippen LogP contribution in [0.2, 0.25) is 0 Å². The van der Waals surface area contributed by atoms with Crippen LogP contribution < -0.4 is 5.32 Å². The van der Waals surface area contributed by atoms with Gasteiger partial charge in [-0.1, -0.05) is 0 Å². The first-order chi connectivity index (χ1) is 9.81. The Labute approximate surface area is 118 Å². The lowest BCUT2D eigenvalue weighted by Gasteiger charge is -2.06. The van der Waals surface area contributed by atoms with Crippen LogP contribution in [-0.4, -0.2) is 35.4 Å². The zero-order valence-electron chi connectivity index (χ0n) is 11.6. The van der Waals surface area contributed by atoms with E-state index in [4.69, 9.17) is 4.74 Å². The van der Waals surface area contributed by atoms with E-state index in [1.165, 1.54) is 0 Å². The van der Waals surface area contributed by atoms with Crippen molar-refractivity contribution >= 4 is 5.91 Å². The van der Waals surface area contributed by atoms with Crippen molar-refractivity contribution < 1.29 is 9.53 Å². The number of benzene rings is 1. The van der Waals surface area contributed by atoms with E-state index in [2.05, 4.69) is 10.4 Å². The van der Waals surface area contributed by atoms with Gasteiger partial charge in [0, 0.05) is 37.7 Å². The largest absolute Gasteiger partial charge is 0.382 e. The SMILES string of the molecule is CCOCCCNC(=O)c1ccc(-n2cccn2)cc1. The van der Waals surface area contributed by atoms with E-state index >= 15 is 0 Å². The Morgan fingerprint density at radius 1 is 1.35 bits per heavy atom. The van der Waals surface area contributed by atoms with Crippen LogP contribution in [0, 0.1) is 0 Å². The molecule has 0 saturated heterocycles. The molecular weight excluding hydrogens is 254 g/mol. The van der Waals surface area contributed by atoms with Crippen LogP contribution in [0.1, 0.15) is 23.7 Å². The summed E-state index contributed by atoms with van der Waals surface area (Å²) in [4.78, 5) is 11.9. The maximum Gasteiger partial charge on any atom is 0.251 e. The summed E-state index contributed by atoms with van der Waals surface area (Å²) < 4.78 is 6.97. The first kappa shape index (κ1) is 14.3. The second kappa shape index (κ2) is 7.45. The minimum absolute atomic E-state index is 0.0616. The van der Waals surface area contributed by atoms with Crippen LogP contribution in [0.15, 0.2) is 42.7 Å². The summed E-state index contributed by atoms with van der Waals surface area (Å²) in [5.41, 5.74) is 1.58. The molecule has 1 heterocycles. The number of nitrogens with one attached hydrogen (secondary N) is 1. The van der Waals surface area contributed by atoms with Crippen molar-refractivity contribution in [2.75, 3.05) is 19.8 Å². The topological polar surface area (TPSA) is 56.1 Å². The van der Waals surface area contributed by atoms with Gasteiger partial charge in [0.15, 0.2) is 0 Å². The van der Waals surface area contributed by atoms with Gasteiger partial charge in [-0.05, 0) is 43.7 Å². The van der Waals surface area contributed by atoms with E-state index < -0.39 is 0 Å². The Hall–Kier alpha value is -2.14. The van der Waals surface area contributed by atoms with Crippen molar-refractivity contribution in [3.05, 3.63) is 48.3 Å². The number of nitrogens with zero attached hydrogens (tertiary/aromatic N) is 2. The second-order valence-electron chi connectivity index (χ2n) is 4.30. The molecule has 0 spiro atoms. The van der Waals surface area contributed by atoms with E-state index in [9.17, 15) is 4.79 Å². The zero-order chi connectivity index (χ0) is 14.2. The Morgan fingerprint density at radius 3 is 2.80 bits per heavy atom. The molecule has 106 valence electrons. The molecule has 1 amide bonds. The number of aromatic nitrogens is 2. The molecule has 0 radical (unpaired) electrons. The molecule has 0 saturated carbocycles. The van der Waals surface area contributed by atoms with Gasteiger partial charge in [-0.3, -0.25) is 4.79 Å². The maximum absolute atomic E-state index is 11.9. The maximum atomic E-state index is 11.9. The number of amides is 1.